The lowest BCUT2D eigenvalue weighted by molar-refractivity contribution is -0.130. The van der Waals surface area contributed by atoms with Crippen molar-refractivity contribution in [3.63, 3.8) is 0 Å². The summed E-state index contributed by atoms with van der Waals surface area (Å²) in [6.07, 6.45) is 0. The molecule has 4 nitrogen and oxygen atoms in total. The largest absolute Gasteiger partial charge is 0.396 e. The first-order valence-electron chi connectivity index (χ1n) is 6.23. The van der Waals surface area contributed by atoms with Crippen LogP contribution >= 0.6 is 0 Å². The van der Waals surface area contributed by atoms with Crippen LogP contribution in [0.1, 0.15) is 0 Å². The van der Waals surface area contributed by atoms with Crippen LogP contribution in [0.15, 0.2) is 24.3 Å². The highest BCUT2D eigenvalue weighted by Gasteiger charge is 2.39. The summed E-state index contributed by atoms with van der Waals surface area (Å²) in [6, 6.07) is 8.43. The van der Waals surface area contributed by atoms with Crippen molar-refractivity contribution in [1.82, 2.24) is 0 Å². The fraction of sp³-hybridized carbons (Fsp3) is 0.571. The van der Waals surface area contributed by atoms with Crippen LogP contribution in [0.3, 0.4) is 0 Å². The van der Waals surface area contributed by atoms with Crippen molar-refractivity contribution in [2.45, 2.75) is 0 Å². The first-order valence-corrected chi connectivity index (χ1v) is 6.23. The standard InChI is InChI=1S/C14H22N2O2/c1-15(2)12-4-6-13(7-5-12)16(3)8-14(9-17)10-18-11-14/h4-7,17H,8-11H2,1-3H3. The maximum atomic E-state index is 9.44. The monoisotopic (exact) mass is 250 g/mol. The molecule has 100 valence electrons. The molecule has 0 bridgehead atoms. The van der Waals surface area contributed by atoms with Crippen molar-refractivity contribution >= 4 is 11.4 Å². The highest BCUT2D eigenvalue weighted by atomic mass is 16.5. The van der Waals surface area contributed by atoms with Crippen LogP contribution in [0.25, 0.3) is 0 Å². The highest BCUT2D eigenvalue weighted by molar-refractivity contribution is 5.55. The first-order chi connectivity index (χ1) is 8.56. The molecule has 0 radical (unpaired) electrons. The Labute approximate surface area is 109 Å². The summed E-state index contributed by atoms with van der Waals surface area (Å²) >= 11 is 0. The number of anilines is 2. The number of ether oxygens (including phenoxy) is 1. The van der Waals surface area contributed by atoms with Gasteiger partial charge in [0.15, 0.2) is 0 Å². The third-order valence-electron chi connectivity index (χ3n) is 3.53. The minimum Gasteiger partial charge on any atom is -0.396 e. The minimum atomic E-state index is -0.0744. The van der Waals surface area contributed by atoms with Crippen LogP contribution in [0.4, 0.5) is 11.4 Å². The van der Waals surface area contributed by atoms with Gasteiger partial charge in [-0.15, -0.1) is 0 Å². The van der Waals surface area contributed by atoms with Crippen LogP contribution in [-0.4, -0.2) is 52.6 Å². The summed E-state index contributed by atoms with van der Waals surface area (Å²) in [4.78, 5) is 4.26. The molecule has 18 heavy (non-hydrogen) atoms. The molecule has 0 unspecified atom stereocenters. The summed E-state index contributed by atoms with van der Waals surface area (Å²) < 4.78 is 5.22. The van der Waals surface area contributed by atoms with E-state index in [9.17, 15) is 5.11 Å². The predicted octanol–water partition coefficient (Wildman–Crippen LogP) is 1.20. The fourth-order valence-corrected chi connectivity index (χ4v) is 2.22. The van der Waals surface area contributed by atoms with Crippen LogP contribution in [0, 0.1) is 5.41 Å². The third-order valence-corrected chi connectivity index (χ3v) is 3.53. The van der Waals surface area contributed by atoms with E-state index in [2.05, 4.69) is 41.1 Å². The van der Waals surface area contributed by atoms with Gasteiger partial charge in [0, 0.05) is 39.1 Å². The quantitative estimate of drug-likeness (QED) is 0.852. The zero-order valence-corrected chi connectivity index (χ0v) is 11.4. The van der Waals surface area contributed by atoms with E-state index in [1.807, 2.05) is 14.1 Å². The molecule has 1 heterocycles. The number of aliphatic hydroxyl groups is 1. The zero-order chi connectivity index (χ0) is 13.2. The normalized spacial score (nSPS) is 17.1. The second kappa shape index (κ2) is 5.16. The molecule has 2 rings (SSSR count). The molecule has 4 heteroatoms. The number of hydrogen-bond donors (Lipinski definition) is 1. The van der Waals surface area contributed by atoms with E-state index in [0.717, 1.165) is 6.54 Å². The van der Waals surface area contributed by atoms with Gasteiger partial charge in [0.2, 0.25) is 0 Å². The average molecular weight is 250 g/mol. The van der Waals surface area contributed by atoms with Gasteiger partial charge in [-0.25, -0.2) is 0 Å². The lowest BCUT2D eigenvalue weighted by Gasteiger charge is -2.42. The first kappa shape index (κ1) is 13.2. The van der Waals surface area contributed by atoms with Gasteiger partial charge in [0.05, 0.1) is 25.2 Å². The molecule has 1 aromatic rings. The van der Waals surface area contributed by atoms with Crippen molar-refractivity contribution in [3.8, 4) is 0 Å². The second-order valence-corrected chi connectivity index (χ2v) is 5.42. The molecule has 1 aromatic carbocycles. The molecular formula is C14H22N2O2. The van der Waals surface area contributed by atoms with E-state index in [1.54, 1.807) is 0 Å². The van der Waals surface area contributed by atoms with E-state index in [-0.39, 0.29) is 12.0 Å². The predicted molar refractivity (Wildman–Crippen MR) is 74.4 cm³/mol. The lowest BCUT2D eigenvalue weighted by atomic mass is 9.86. The molecule has 1 saturated heterocycles. The molecule has 0 aliphatic carbocycles. The van der Waals surface area contributed by atoms with E-state index >= 15 is 0 Å². The number of nitrogens with zero attached hydrogens (tertiary/aromatic N) is 2. The molecule has 1 N–H and O–H groups in total. The molecule has 0 spiro atoms. The maximum absolute atomic E-state index is 9.44. The van der Waals surface area contributed by atoms with E-state index < -0.39 is 0 Å². The van der Waals surface area contributed by atoms with Gasteiger partial charge in [-0.2, -0.15) is 0 Å². The van der Waals surface area contributed by atoms with Gasteiger partial charge >= 0.3 is 0 Å². The Kier molecular flexibility index (Phi) is 3.78. The Balaban J connectivity index is 2.02. The van der Waals surface area contributed by atoms with E-state index in [1.165, 1.54) is 11.4 Å². The average Bonchev–Trinajstić information content (AvgIpc) is 2.33. The Bertz CT molecular complexity index is 380. The Morgan fingerprint density at radius 1 is 1.11 bits per heavy atom. The minimum absolute atomic E-state index is 0.0744. The summed E-state index contributed by atoms with van der Waals surface area (Å²) in [5.41, 5.74) is 2.28. The molecule has 0 aromatic heterocycles. The van der Waals surface area contributed by atoms with Gasteiger partial charge < -0.3 is 19.6 Å². The summed E-state index contributed by atoms with van der Waals surface area (Å²) in [7, 11) is 6.12. The number of rotatable bonds is 5. The maximum Gasteiger partial charge on any atom is 0.0584 e. The Morgan fingerprint density at radius 3 is 2.06 bits per heavy atom. The molecule has 1 fully saturated rings. The number of benzene rings is 1. The van der Waals surface area contributed by atoms with Crippen LogP contribution in [-0.2, 0) is 4.74 Å². The number of aliphatic hydroxyl groups excluding tert-OH is 1. The highest BCUT2D eigenvalue weighted by Crippen LogP contribution is 2.29. The van der Waals surface area contributed by atoms with Gasteiger partial charge in [0.25, 0.3) is 0 Å². The fourth-order valence-electron chi connectivity index (χ4n) is 2.22. The molecule has 1 aliphatic rings. The van der Waals surface area contributed by atoms with Crippen molar-refractivity contribution < 1.29 is 9.84 Å². The Morgan fingerprint density at radius 2 is 1.67 bits per heavy atom. The summed E-state index contributed by atoms with van der Waals surface area (Å²) in [5, 5.41) is 9.44. The van der Waals surface area contributed by atoms with E-state index in [4.69, 9.17) is 4.74 Å². The number of hydrogen-bond acceptors (Lipinski definition) is 4. The van der Waals surface area contributed by atoms with Crippen molar-refractivity contribution in [2.24, 2.45) is 5.41 Å². The second-order valence-electron chi connectivity index (χ2n) is 5.42. The van der Waals surface area contributed by atoms with E-state index in [0.29, 0.717) is 13.2 Å². The smallest absolute Gasteiger partial charge is 0.0584 e. The molecule has 0 saturated carbocycles. The zero-order valence-electron chi connectivity index (χ0n) is 11.4. The van der Waals surface area contributed by atoms with Crippen molar-refractivity contribution in [2.75, 3.05) is 57.3 Å². The van der Waals surface area contributed by atoms with Gasteiger partial charge in [-0.05, 0) is 24.3 Å². The SMILES string of the molecule is CN(C)c1ccc(N(C)CC2(CO)COC2)cc1. The van der Waals surface area contributed by atoms with Crippen molar-refractivity contribution in [1.29, 1.82) is 0 Å². The van der Waals surface area contributed by atoms with Gasteiger partial charge in [-0.1, -0.05) is 0 Å². The molecular weight excluding hydrogens is 228 g/mol. The molecule has 0 amide bonds. The lowest BCUT2D eigenvalue weighted by Crippen LogP contribution is -2.52. The summed E-state index contributed by atoms with van der Waals surface area (Å²) in [5.74, 6) is 0. The van der Waals surface area contributed by atoms with Crippen LogP contribution in [0.5, 0.6) is 0 Å². The van der Waals surface area contributed by atoms with Gasteiger partial charge in [-0.3, -0.25) is 0 Å². The Hall–Kier alpha value is -1.26. The summed E-state index contributed by atoms with van der Waals surface area (Å²) in [6.45, 7) is 2.32. The topological polar surface area (TPSA) is 35.9 Å². The van der Waals surface area contributed by atoms with Crippen molar-refractivity contribution in [3.05, 3.63) is 24.3 Å². The third kappa shape index (κ3) is 2.60. The molecule has 1 aliphatic heterocycles. The van der Waals surface area contributed by atoms with Crippen LogP contribution in [0.2, 0.25) is 0 Å². The molecule has 0 atom stereocenters. The van der Waals surface area contributed by atoms with Gasteiger partial charge in [0.1, 0.15) is 0 Å². The van der Waals surface area contributed by atoms with Crippen LogP contribution < -0.4 is 9.80 Å².